The number of likely N-dealkylation sites (tertiary alicyclic amines) is 1. The molecule has 4 fully saturated rings. The number of benzene rings is 5. The van der Waals surface area contributed by atoms with Crippen molar-refractivity contribution in [2.24, 2.45) is 10.8 Å². The minimum atomic E-state index is -6.11. The number of rotatable bonds is 35. The summed E-state index contributed by atoms with van der Waals surface area (Å²) in [6.45, 7) is 24.8. The second-order valence-corrected chi connectivity index (χ2v) is 40.0. The van der Waals surface area contributed by atoms with Crippen molar-refractivity contribution in [2.45, 2.75) is 150 Å². The summed E-state index contributed by atoms with van der Waals surface area (Å²) in [7, 11) is -8.81. The van der Waals surface area contributed by atoms with Crippen LogP contribution in [0, 0.1) is 17.8 Å². The lowest BCUT2D eigenvalue weighted by Crippen LogP contribution is -2.57. The normalized spacial score (nSPS) is 19.4. The number of thioether (sulfide) groups is 1. The number of carbonyl (C=O) groups excluding carboxylic acids is 5. The first-order chi connectivity index (χ1) is 58.1. The number of carbonyl (C=O) groups is 5. The average molecular weight is 1780 g/mol. The topological polar surface area (TPSA) is 292 Å². The van der Waals surface area contributed by atoms with E-state index in [4.69, 9.17) is 21.3 Å². The van der Waals surface area contributed by atoms with Gasteiger partial charge in [-0.05, 0) is 171 Å². The minimum absolute atomic E-state index is 0.00797. The summed E-state index contributed by atoms with van der Waals surface area (Å²) in [5, 5.41) is 23.4. The predicted octanol–water partition coefficient (Wildman–Crippen LogP) is 12.1. The number of thiazole rings is 1. The monoisotopic (exact) mass is 1770 g/mol. The van der Waals surface area contributed by atoms with Crippen molar-refractivity contribution < 1.29 is 63.8 Å². The molecule has 5 amide bonds. The zero-order valence-electron chi connectivity index (χ0n) is 70.4. The summed E-state index contributed by atoms with van der Waals surface area (Å²) in [5.74, 6) is -1.22. The van der Waals surface area contributed by atoms with E-state index < -0.39 is 82.3 Å². The number of hydrogen-bond acceptors (Lipinski definition) is 22. The van der Waals surface area contributed by atoms with Crippen LogP contribution in [0.4, 0.5) is 30.4 Å². The Hall–Kier alpha value is -8.54. The van der Waals surface area contributed by atoms with E-state index >= 15 is 0 Å². The Morgan fingerprint density at radius 2 is 1.43 bits per heavy atom. The van der Waals surface area contributed by atoms with Crippen LogP contribution in [-0.4, -0.2) is 253 Å². The number of aromatic nitrogens is 2. The predicted molar refractivity (Wildman–Crippen MR) is 474 cm³/mol. The number of sulfonamides is 1. The van der Waals surface area contributed by atoms with Gasteiger partial charge in [-0.25, -0.2) is 31.5 Å². The first kappa shape index (κ1) is 92.6. The smallest absolute Gasteiger partial charge is 0.391 e. The third-order valence-corrected chi connectivity index (χ3v) is 28.9. The van der Waals surface area contributed by atoms with E-state index in [0.29, 0.717) is 101 Å². The summed E-state index contributed by atoms with van der Waals surface area (Å²) in [6.07, 6.45) is 6.08. The number of likely N-dealkylation sites (N-methyl/N-ethyl adjacent to an activating group) is 1. The van der Waals surface area contributed by atoms with Gasteiger partial charge in [0.25, 0.3) is 31.7 Å². The molecule has 658 valence electrons. The Morgan fingerprint density at radius 1 is 0.762 bits per heavy atom. The zero-order chi connectivity index (χ0) is 87.1. The minimum Gasteiger partial charge on any atom is -0.391 e. The van der Waals surface area contributed by atoms with E-state index in [1.54, 1.807) is 35.7 Å². The summed E-state index contributed by atoms with van der Waals surface area (Å²) in [6, 6.07) is 35.2. The number of unbranched alkanes of at least 4 members (excludes halogenated alkanes) is 2. The van der Waals surface area contributed by atoms with Crippen molar-refractivity contribution in [3.8, 4) is 10.4 Å². The van der Waals surface area contributed by atoms with E-state index in [2.05, 4.69) is 81.8 Å². The number of aryl methyl sites for hydroxylation is 1. The van der Waals surface area contributed by atoms with Gasteiger partial charge in [0.2, 0.25) is 17.7 Å². The maximum absolute atomic E-state index is 14.4. The third kappa shape index (κ3) is 24.7. The Labute approximate surface area is 728 Å². The molecular formula is C89H114ClF3N14O11S4. The van der Waals surface area contributed by atoms with E-state index in [0.717, 1.165) is 135 Å². The van der Waals surface area contributed by atoms with E-state index in [9.17, 15) is 59.1 Å². The molecule has 7 aromatic rings. The fourth-order valence-electron chi connectivity index (χ4n) is 16.6. The van der Waals surface area contributed by atoms with Crippen molar-refractivity contribution in [2.75, 3.05) is 152 Å². The molecule has 0 saturated carbocycles. The lowest BCUT2D eigenvalue weighted by molar-refractivity contribution is -0.144. The van der Waals surface area contributed by atoms with Crippen LogP contribution >= 0.6 is 34.7 Å². The summed E-state index contributed by atoms with van der Waals surface area (Å²) >= 11 is 9.42. The number of pyridine rings is 1. The molecular weight excluding hydrogens is 1660 g/mol. The summed E-state index contributed by atoms with van der Waals surface area (Å²) in [5.41, 5.74) is 2.95. The highest BCUT2D eigenvalue weighted by Crippen LogP contribution is 2.45. The van der Waals surface area contributed by atoms with Gasteiger partial charge in [-0.3, -0.25) is 38.7 Å². The fraction of sp³-hybridized carbons (Fsp3) is 0.494. The van der Waals surface area contributed by atoms with Crippen LogP contribution in [0.2, 0.25) is 5.02 Å². The van der Waals surface area contributed by atoms with Gasteiger partial charge in [-0.1, -0.05) is 106 Å². The maximum Gasteiger partial charge on any atom is 0.501 e. The molecule has 122 heavy (non-hydrogen) atoms. The number of ether oxygens (including phenoxy) is 1. The van der Waals surface area contributed by atoms with Crippen LogP contribution in [0.5, 0.6) is 0 Å². The number of hydrogen-bond donors (Lipinski definition) is 6. The van der Waals surface area contributed by atoms with E-state index in [1.807, 2.05) is 118 Å². The number of nitrogens with one attached hydrogen (secondary N) is 5. The quantitative estimate of drug-likeness (QED) is 0.0159. The van der Waals surface area contributed by atoms with E-state index in [1.165, 1.54) is 45.5 Å². The molecule has 6 atom stereocenters. The van der Waals surface area contributed by atoms with Gasteiger partial charge in [0.05, 0.1) is 57.6 Å². The molecule has 25 nitrogen and oxygen atoms in total. The molecule has 12 rings (SSSR count). The van der Waals surface area contributed by atoms with Gasteiger partial charge < -0.3 is 50.7 Å². The lowest BCUT2D eigenvalue weighted by Gasteiger charge is -2.42. The lowest BCUT2D eigenvalue weighted by atomic mass is 9.71. The highest BCUT2D eigenvalue weighted by atomic mass is 35.5. The van der Waals surface area contributed by atoms with Crippen molar-refractivity contribution in [1.29, 1.82) is 0 Å². The van der Waals surface area contributed by atoms with Crippen LogP contribution in [0.1, 0.15) is 136 Å². The first-order valence-electron chi connectivity index (χ1n) is 42.0. The van der Waals surface area contributed by atoms with Crippen LogP contribution in [0.15, 0.2) is 165 Å². The second kappa shape index (κ2) is 41.5. The first-order valence-corrected chi connectivity index (χ1v) is 47.2. The second-order valence-electron chi connectivity index (χ2n) is 34.1. The van der Waals surface area contributed by atoms with E-state index in [-0.39, 0.29) is 54.1 Å². The molecule has 5 aromatic carbocycles. The molecule has 5 aliphatic rings. The highest BCUT2D eigenvalue weighted by molar-refractivity contribution is 7.99. The Morgan fingerprint density at radius 3 is 2.10 bits per heavy atom. The Balaban J connectivity index is 0.559. The number of aliphatic hydroxyl groups is 1. The molecule has 2 aromatic heterocycles. The molecule has 1 aliphatic carbocycles. The summed E-state index contributed by atoms with van der Waals surface area (Å²) in [4.78, 5) is 92.8. The number of halogens is 4. The van der Waals surface area contributed by atoms with Crippen molar-refractivity contribution in [3.63, 3.8) is 0 Å². The number of β-amino-alcohol motifs (C(OH)–C–C–N with tert-alkyl or cyclic N) is 1. The molecule has 0 bridgehead atoms. The number of allylic oxidation sites excluding steroid dienone is 1. The van der Waals surface area contributed by atoms with Gasteiger partial charge in [0, 0.05) is 163 Å². The largest absolute Gasteiger partial charge is 0.501 e. The molecule has 33 heteroatoms. The Bertz CT molecular complexity index is 4990. The number of aliphatic hydroxyl groups excluding tert-OH is 1. The van der Waals surface area contributed by atoms with Crippen LogP contribution < -0.4 is 35.8 Å². The molecule has 0 spiro atoms. The van der Waals surface area contributed by atoms with Crippen molar-refractivity contribution >= 4 is 107 Å². The van der Waals surface area contributed by atoms with Gasteiger partial charge in [-0.15, -0.1) is 23.1 Å². The average Bonchev–Trinajstić information content (AvgIpc) is 0.903. The molecule has 0 radical (unpaired) electrons. The standard InChI is InChI=1S/C89H114ClF3N14O11S4/c1-61(63-17-19-65(20-18-63)81-62(2)96-60-120-81)97-85(112)77-52-72(108)57-107(77)86(113)82(87(3,4)5)99-80(109)16-12-9-13-36-94-83(110)67-25-32-79(95-55-67)106-46-40-103(41-47-106)39-38-101(7)59-88(6)35-33-75(64-21-26-69(90)27-22-64)68(54-88)56-104-42-44-105(45-43-104)71-28-23-66(24-29-71)84(111)100-122(116,117)74-30-31-76(78(53-74)121(114,115)89(91,92)93)98-70(34-37-102-48-50-118-51-49-102)58-119-73-14-10-8-11-15-73/h8,10-11,14-15,17-32,53,55,60-61,70,72,77,82,98,108H,9,12-13,16,33-52,54,56-59H2,1-7H3,(H,94,110)(H,97,112)(H,99,109)(H,100,111)/t61-,70+,72+,77-,82+,88?/m0/s1. The highest BCUT2D eigenvalue weighted by Gasteiger charge is 2.49. The van der Waals surface area contributed by atoms with Gasteiger partial charge in [0.1, 0.15) is 22.8 Å². The SMILES string of the molecule is Cc1ncsc1-c1ccc([C@H](C)NC(=O)[C@@H]2C[C@@H](O)CN2C(=O)[C@@H](NC(=O)CCCCCNC(=O)c2ccc(N3CCN(CCN(C)CC4(C)CCC(c5ccc(Cl)cc5)=C(CN5CCN(c6ccc(C(=O)NS(=O)(=O)c7ccc(N[C@H](CCN8CCOCC8)CSc8ccccc8)c(S(=O)(=O)C(F)(F)F)c7)cc6)CC5)C4)CC3)nc2)C(C)(C)C)cc1. The Kier molecular flexibility index (Phi) is 31.5. The number of anilines is 3. The maximum atomic E-state index is 14.4. The fourth-order valence-corrected chi connectivity index (χ4v) is 20.6. The molecule has 1 unspecified atom stereocenters. The molecule has 4 aliphatic heterocycles. The van der Waals surface area contributed by atoms with Gasteiger partial charge in [-0.2, -0.15) is 13.2 Å². The summed E-state index contributed by atoms with van der Waals surface area (Å²) < 4.78 is 105. The third-order valence-electron chi connectivity index (χ3n) is 23.6. The molecule has 4 saturated heterocycles. The van der Waals surface area contributed by atoms with Crippen LogP contribution in [0.25, 0.3) is 16.0 Å². The molecule has 6 heterocycles. The molecule has 6 N–H and O–H groups in total. The zero-order valence-corrected chi connectivity index (χ0v) is 74.5. The number of alkyl halides is 3. The number of sulfone groups is 1. The van der Waals surface area contributed by atoms with Crippen LogP contribution in [-0.2, 0) is 39.0 Å². The number of nitrogens with zero attached hydrogens (tertiary/aromatic N) is 9. The van der Waals surface area contributed by atoms with Crippen LogP contribution in [0.3, 0.4) is 0 Å². The number of piperazine rings is 2. The van der Waals surface area contributed by atoms with Crippen molar-refractivity contribution in [3.05, 3.63) is 184 Å². The number of morpholine rings is 1. The number of amides is 5. The van der Waals surface area contributed by atoms with Crippen molar-refractivity contribution in [1.82, 2.24) is 55.1 Å². The van der Waals surface area contributed by atoms with Gasteiger partial charge >= 0.3 is 5.51 Å². The van der Waals surface area contributed by atoms with Gasteiger partial charge in [0.15, 0.2) is 0 Å².